The minimum absolute atomic E-state index is 0.105. The summed E-state index contributed by atoms with van der Waals surface area (Å²) in [6.45, 7) is 1.28. The highest BCUT2D eigenvalue weighted by Gasteiger charge is 2.20. The van der Waals surface area contributed by atoms with Crippen LogP contribution < -0.4 is 20.3 Å². The molecule has 2 heterocycles. The summed E-state index contributed by atoms with van der Waals surface area (Å²) in [6, 6.07) is 10.3. The number of anilines is 2. The number of pyridine rings is 1. The standard InChI is InChI=1S/C16H16N4O3/c1-23-14-7-2-11(10-18-14)15(21)19-12-3-5-13(6-4-12)20-9-8-17-16(20)22/h2-7,10H,8-9H2,1H3,(H,17,22)(H,19,21). The van der Waals surface area contributed by atoms with E-state index >= 15 is 0 Å². The average Bonchev–Trinajstić information content (AvgIpc) is 3.01. The van der Waals surface area contributed by atoms with Crippen LogP contribution in [0, 0.1) is 0 Å². The lowest BCUT2D eigenvalue weighted by molar-refractivity contribution is 0.102. The summed E-state index contributed by atoms with van der Waals surface area (Å²) in [4.78, 5) is 29.4. The van der Waals surface area contributed by atoms with Crippen molar-refractivity contribution in [3.8, 4) is 5.88 Å². The Kier molecular flexibility index (Phi) is 4.09. The summed E-state index contributed by atoms with van der Waals surface area (Å²) in [6.07, 6.45) is 1.46. The van der Waals surface area contributed by atoms with Gasteiger partial charge in [-0.1, -0.05) is 0 Å². The summed E-state index contributed by atoms with van der Waals surface area (Å²) in [5, 5.41) is 5.53. The topological polar surface area (TPSA) is 83.6 Å². The zero-order chi connectivity index (χ0) is 16.2. The number of carbonyl (C=O) groups is 2. The lowest BCUT2D eigenvalue weighted by atomic mass is 10.2. The number of carbonyl (C=O) groups excluding carboxylic acids is 2. The van der Waals surface area contributed by atoms with Gasteiger partial charge in [-0.2, -0.15) is 0 Å². The van der Waals surface area contributed by atoms with Crippen molar-refractivity contribution in [2.24, 2.45) is 0 Å². The van der Waals surface area contributed by atoms with Gasteiger partial charge in [0.15, 0.2) is 0 Å². The molecule has 0 aliphatic carbocycles. The molecule has 118 valence electrons. The average molecular weight is 312 g/mol. The van der Waals surface area contributed by atoms with Crippen molar-refractivity contribution in [1.82, 2.24) is 10.3 Å². The van der Waals surface area contributed by atoms with Crippen LogP contribution >= 0.6 is 0 Å². The third-order valence-electron chi connectivity index (χ3n) is 3.50. The van der Waals surface area contributed by atoms with E-state index in [-0.39, 0.29) is 11.9 Å². The van der Waals surface area contributed by atoms with Gasteiger partial charge in [0.25, 0.3) is 5.91 Å². The number of aromatic nitrogens is 1. The molecule has 0 saturated carbocycles. The molecule has 0 atom stereocenters. The predicted octanol–water partition coefficient (Wildman–Crippen LogP) is 1.87. The third kappa shape index (κ3) is 3.23. The second kappa shape index (κ2) is 6.35. The summed E-state index contributed by atoms with van der Waals surface area (Å²) in [5.74, 6) is 0.196. The van der Waals surface area contributed by atoms with E-state index in [0.29, 0.717) is 30.2 Å². The van der Waals surface area contributed by atoms with Crippen LogP contribution in [-0.2, 0) is 0 Å². The number of urea groups is 1. The van der Waals surface area contributed by atoms with Crippen molar-refractivity contribution in [3.63, 3.8) is 0 Å². The number of nitrogens with one attached hydrogen (secondary N) is 2. The highest BCUT2D eigenvalue weighted by molar-refractivity contribution is 6.04. The molecule has 3 rings (SSSR count). The number of ether oxygens (including phenoxy) is 1. The van der Waals surface area contributed by atoms with Crippen molar-refractivity contribution < 1.29 is 14.3 Å². The first kappa shape index (κ1) is 14.8. The molecular weight excluding hydrogens is 296 g/mol. The Morgan fingerprint density at radius 2 is 2.04 bits per heavy atom. The van der Waals surface area contributed by atoms with Crippen LogP contribution in [0.25, 0.3) is 0 Å². The number of benzene rings is 1. The van der Waals surface area contributed by atoms with E-state index < -0.39 is 0 Å². The second-order valence-electron chi connectivity index (χ2n) is 4.97. The van der Waals surface area contributed by atoms with Gasteiger partial charge in [-0.05, 0) is 30.3 Å². The maximum Gasteiger partial charge on any atom is 0.321 e. The van der Waals surface area contributed by atoms with Gasteiger partial charge in [0.05, 0.1) is 12.7 Å². The molecule has 1 fully saturated rings. The molecule has 1 aromatic carbocycles. The van der Waals surface area contributed by atoms with Gasteiger partial charge in [0.2, 0.25) is 5.88 Å². The van der Waals surface area contributed by atoms with E-state index in [1.807, 2.05) is 0 Å². The number of hydrogen-bond donors (Lipinski definition) is 2. The Labute approximate surface area is 133 Å². The first-order valence-electron chi connectivity index (χ1n) is 7.14. The van der Waals surface area contributed by atoms with Crippen LogP contribution in [0.1, 0.15) is 10.4 Å². The maximum absolute atomic E-state index is 12.1. The van der Waals surface area contributed by atoms with Crippen LogP contribution in [0.4, 0.5) is 16.2 Å². The minimum Gasteiger partial charge on any atom is -0.481 e. The fourth-order valence-electron chi connectivity index (χ4n) is 2.28. The van der Waals surface area contributed by atoms with Crippen LogP contribution in [0.2, 0.25) is 0 Å². The molecule has 2 N–H and O–H groups in total. The molecule has 1 aliphatic heterocycles. The Bertz CT molecular complexity index is 713. The van der Waals surface area contributed by atoms with E-state index in [9.17, 15) is 9.59 Å². The summed E-state index contributed by atoms with van der Waals surface area (Å²) < 4.78 is 4.96. The first-order valence-corrected chi connectivity index (χ1v) is 7.14. The van der Waals surface area contributed by atoms with Crippen molar-refractivity contribution in [1.29, 1.82) is 0 Å². The SMILES string of the molecule is COc1ccc(C(=O)Nc2ccc(N3CCNC3=O)cc2)cn1. The zero-order valence-electron chi connectivity index (χ0n) is 12.6. The van der Waals surface area contributed by atoms with Crippen molar-refractivity contribution in [3.05, 3.63) is 48.2 Å². The number of rotatable bonds is 4. The Balaban J connectivity index is 1.67. The smallest absolute Gasteiger partial charge is 0.321 e. The largest absolute Gasteiger partial charge is 0.481 e. The minimum atomic E-state index is -0.258. The molecular formula is C16H16N4O3. The summed E-state index contributed by atoms with van der Waals surface area (Å²) in [5.41, 5.74) is 1.88. The van der Waals surface area contributed by atoms with Crippen LogP contribution in [0.3, 0.4) is 0 Å². The van der Waals surface area contributed by atoms with Crippen molar-refractivity contribution >= 4 is 23.3 Å². The fourth-order valence-corrected chi connectivity index (χ4v) is 2.28. The first-order chi connectivity index (χ1) is 11.2. The van der Waals surface area contributed by atoms with Crippen LogP contribution in [-0.4, -0.2) is 37.1 Å². The fraction of sp³-hybridized carbons (Fsp3) is 0.188. The zero-order valence-corrected chi connectivity index (χ0v) is 12.6. The Morgan fingerprint density at radius 1 is 1.26 bits per heavy atom. The molecule has 7 heteroatoms. The van der Waals surface area contributed by atoms with Gasteiger partial charge in [-0.25, -0.2) is 9.78 Å². The molecule has 0 radical (unpaired) electrons. The molecule has 0 unspecified atom stereocenters. The summed E-state index contributed by atoms with van der Waals surface area (Å²) in [7, 11) is 1.52. The van der Waals surface area contributed by atoms with Crippen molar-refractivity contribution in [2.45, 2.75) is 0 Å². The van der Waals surface area contributed by atoms with E-state index in [0.717, 1.165) is 5.69 Å². The van der Waals surface area contributed by atoms with E-state index in [1.165, 1.54) is 13.3 Å². The van der Waals surface area contributed by atoms with Crippen molar-refractivity contribution in [2.75, 3.05) is 30.4 Å². The molecule has 1 saturated heterocycles. The Hall–Kier alpha value is -3.09. The van der Waals surface area contributed by atoms with E-state index in [4.69, 9.17) is 4.74 Å². The number of methoxy groups -OCH3 is 1. The van der Waals surface area contributed by atoms with Crippen LogP contribution in [0.5, 0.6) is 5.88 Å². The highest BCUT2D eigenvalue weighted by Crippen LogP contribution is 2.20. The molecule has 0 spiro atoms. The summed E-state index contributed by atoms with van der Waals surface area (Å²) >= 11 is 0. The third-order valence-corrected chi connectivity index (χ3v) is 3.50. The quantitative estimate of drug-likeness (QED) is 0.903. The molecule has 2 aromatic rings. The molecule has 7 nitrogen and oxygen atoms in total. The lowest BCUT2D eigenvalue weighted by Crippen LogP contribution is -2.27. The number of amides is 3. The molecule has 1 aromatic heterocycles. The maximum atomic E-state index is 12.1. The lowest BCUT2D eigenvalue weighted by Gasteiger charge is -2.14. The number of hydrogen-bond acceptors (Lipinski definition) is 4. The number of nitrogens with zero attached hydrogens (tertiary/aromatic N) is 2. The van der Waals surface area contributed by atoms with Gasteiger partial charge in [0, 0.05) is 36.7 Å². The van der Waals surface area contributed by atoms with E-state index in [1.54, 1.807) is 41.3 Å². The van der Waals surface area contributed by atoms with Gasteiger partial charge >= 0.3 is 6.03 Å². The predicted molar refractivity (Wildman–Crippen MR) is 85.9 cm³/mol. The van der Waals surface area contributed by atoms with Crippen LogP contribution in [0.15, 0.2) is 42.6 Å². The highest BCUT2D eigenvalue weighted by atomic mass is 16.5. The molecule has 23 heavy (non-hydrogen) atoms. The van der Waals surface area contributed by atoms with Gasteiger partial charge < -0.3 is 15.4 Å². The molecule has 3 amide bonds. The van der Waals surface area contributed by atoms with Gasteiger partial charge in [0.1, 0.15) is 0 Å². The Morgan fingerprint density at radius 3 is 2.61 bits per heavy atom. The molecule has 1 aliphatic rings. The normalized spacial score (nSPS) is 13.6. The molecule has 0 bridgehead atoms. The second-order valence-corrected chi connectivity index (χ2v) is 4.97. The van der Waals surface area contributed by atoms with Gasteiger partial charge in [-0.15, -0.1) is 0 Å². The van der Waals surface area contributed by atoms with E-state index in [2.05, 4.69) is 15.6 Å². The monoisotopic (exact) mass is 312 g/mol. The van der Waals surface area contributed by atoms with Gasteiger partial charge in [-0.3, -0.25) is 9.69 Å².